The molecule has 0 N–H and O–H groups in total. The van der Waals surface area contributed by atoms with Crippen molar-refractivity contribution in [1.82, 2.24) is 0 Å². The second-order valence-electron chi connectivity index (χ2n) is 10.4. The van der Waals surface area contributed by atoms with Gasteiger partial charge in [-0.25, -0.2) is 0 Å². The van der Waals surface area contributed by atoms with Crippen LogP contribution in [0.25, 0.3) is 0 Å². The Labute approximate surface area is 202 Å². The van der Waals surface area contributed by atoms with E-state index in [2.05, 4.69) is 40.7 Å². The third-order valence-electron chi connectivity index (χ3n) is 6.89. The lowest BCUT2D eigenvalue weighted by atomic mass is 9.90. The van der Waals surface area contributed by atoms with E-state index in [0.29, 0.717) is 17.6 Å². The molecule has 0 aromatic rings. The van der Waals surface area contributed by atoms with Gasteiger partial charge < -0.3 is 9.47 Å². The SMILES string of the molecule is COC1=C(OC)C(=O)C(CC=C(C)CCC[C@H](C)CCC[C@H](C)CCCC(C)C)=C(C)C1=O. The third-order valence-corrected chi connectivity index (χ3v) is 6.89. The van der Waals surface area contributed by atoms with Crippen molar-refractivity contribution in [1.29, 1.82) is 0 Å². The van der Waals surface area contributed by atoms with E-state index < -0.39 is 0 Å². The molecule has 0 heterocycles. The molecule has 0 saturated heterocycles. The van der Waals surface area contributed by atoms with Crippen LogP contribution in [0.2, 0.25) is 0 Å². The van der Waals surface area contributed by atoms with Crippen LogP contribution in [0, 0.1) is 17.8 Å². The minimum Gasteiger partial charge on any atom is -0.489 e. The van der Waals surface area contributed by atoms with Crippen LogP contribution in [0.4, 0.5) is 0 Å². The lowest BCUT2D eigenvalue weighted by molar-refractivity contribution is -0.121. The number of hydrogen-bond acceptors (Lipinski definition) is 4. The van der Waals surface area contributed by atoms with E-state index in [0.717, 1.165) is 30.6 Å². The summed E-state index contributed by atoms with van der Waals surface area (Å²) in [5.41, 5.74) is 2.23. The summed E-state index contributed by atoms with van der Waals surface area (Å²) in [4.78, 5) is 25.2. The van der Waals surface area contributed by atoms with Crippen LogP contribution in [0.15, 0.2) is 34.3 Å². The molecule has 2 atom stereocenters. The summed E-state index contributed by atoms with van der Waals surface area (Å²) in [7, 11) is 2.78. The fourth-order valence-electron chi connectivity index (χ4n) is 4.52. The highest BCUT2D eigenvalue weighted by Crippen LogP contribution is 2.28. The van der Waals surface area contributed by atoms with Crippen LogP contribution in [0.3, 0.4) is 0 Å². The third kappa shape index (κ3) is 9.90. The molecule has 0 aromatic heterocycles. The van der Waals surface area contributed by atoms with Crippen molar-refractivity contribution in [3.8, 4) is 0 Å². The van der Waals surface area contributed by atoms with E-state index in [4.69, 9.17) is 9.47 Å². The van der Waals surface area contributed by atoms with E-state index in [9.17, 15) is 9.59 Å². The number of ketones is 2. The molecule has 0 unspecified atom stereocenters. The van der Waals surface area contributed by atoms with E-state index >= 15 is 0 Å². The van der Waals surface area contributed by atoms with E-state index in [1.165, 1.54) is 64.7 Å². The molecule has 1 aliphatic rings. The summed E-state index contributed by atoms with van der Waals surface area (Å²) < 4.78 is 10.3. The highest BCUT2D eigenvalue weighted by Gasteiger charge is 2.34. The first-order valence-electron chi connectivity index (χ1n) is 12.9. The van der Waals surface area contributed by atoms with Crippen molar-refractivity contribution in [2.24, 2.45) is 17.8 Å². The molecule has 0 fully saturated rings. The Morgan fingerprint density at radius 3 is 1.79 bits per heavy atom. The molecular weight excluding hydrogens is 412 g/mol. The van der Waals surface area contributed by atoms with Crippen LogP contribution in [-0.2, 0) is 19.1 Å². The molecule has 0 aromatic carbocycles. The van der Waals surface area contributed by atoms with Crippen molar-refractivity contribution in [3.05, 3.63) is 34.3 Å². The maximum absolute atomic E-state index is 12.7. The van der Waals surface area contributed by atoms with Gasteiger partial charge in [0.15, 0.2) is 0 Å². The van der Waals surface area contributed by atoms with Gasteiger partial charge in [-0.1, -0.05) is 84.3 Å². The fraction of sp³-hybridized carbons (Fsp3) is 0.724. The molecule has 0 radical (unpaired) electrons. The number of carbonyl (C=O) groups excluding carboxylic acids is 2. The molecule has 4 heteroatoms. The Bertz CT molecular complexity index is 739. The van der Waals surface area contributed by atoms with E-state index in [1.54, 1.807) is 6.92 Å². The summed E-state index contributed by atoms with van der Waals surface area (Å²) in [6, 6.07) is 0. The monoisotopic (exact) mass is 460 g/mol. The normalized spacial score (nSPS) is 17.2. The predicted molar refractivity (Wildman–Crippen MR) is 137 cm³/mol. The molecule has 0 saturated carbocycles. The number of ether oxygens (including phenoxy) is 2. The molecule has 0 bridgehead atoms. The first kappa shape index (κ1) is 29.2. The average molecular weight is 461 g/mol. The first-order valence-corrected chi connectivity index (χ1v) is 12.9. The lowest BCUT2D eigenvalue weighted by Gasteiger charge is -2.19. The summed E-state index contributed by atoms with van der Waals surface area (Å²) in [5, 5.41) is 0. The van der Waals surface area contributed by atoms with Gasteiger partial charge >= 0.3 is 0 Å². The van der Waals surface area contributed by atoms with Crippen molar-refractivity contribution >= 4 is 11.6 Å². The van der Waals surface area contributed by atoms with Crippen LogP contribution >= 0.6 is 0 Å². The Hall–Kier alpha value is -1.84. The highest BCUT2D eigenvalue weighted by atomic mass is 16.5. The Morgan fingerprint density at radius 2 is 1.27 bits per heavy atom. The van der Waals surface area contributed by atoms with Gasteiger partial charge in [0.1, 0.15) is 0 Å². The van der Waals surface area contributed by atoms with Crippen molar-refractivity contribution in [3.63, 3.8) is 0 Å². The van der Waals surface area contributed by atoms with E-state index in [-0.39, 0.29) is 23.1 Å². The van der Waals surface area contributed by atoms with Gasteiger partial charge in [0.25, 0.3) is 0 Å². The molecule has 4 nitrogen and oxygen atoms in total. The standard InChI is InChI=1S/C29H48O4/c1-20(2)12-9-13-21(3)14-10-15-22(4)16-11-17-23(5)18-19-25-24(6)26(30)28(32-7)29(33-8)27(25)31/h18,20-22H,9-17,19H2,1-8H3/t21-,22-/m1/s1. The summed E-state index contributed by atoms with van der Waals surface area (Å²) in [5.74, 6) is 1.93. The molecule has 0 amide bonds. The Balaban J connectivity index is 2.39. The number of Topliss-reactive ketones (excluding diaryl/α,β-unsaturated/α-hetero) is 2. The highest BCUT2D eigenvalue weighted by molar-refractivity contribution is 6.23. The zero-order chi connectivity index (χ0) is 25.0. The van der Waals surface area contributed by atoms with E-state index in [1.807, 2.05) is 0 Å². The van der Waals surface area contributed by atoms with Crippen LogP contribution in [-0.4, -0.2) is 25.8 Å². The van der Waals surface area contributed by atoms with Gasteiger partial charge in [-0.3, -0.25) is 9.59 Å². The fourth-order valence-corrected chi connectivity index (χ4v) is 4.52. The maximum Gasteiger partial charge on any atom is 0.228 e. The average Bonchev–Trinajstić information content (AvgIpc) is 2.75. The Morgan fingerprint density at radius 1 is 0.788 bits per heavy atom. The minimum atomic E-state index is -0.266. The molecule has 188 valence electrons. The number of hydrogen-bond donors (Lipinski definition) is 0. The number of allylic oxidation sites excluding steroid dienone is 4. The zero-order valence-corrected chi connectivity index (χ0v) is 22.5. The predicted octanol–water partition coefficient (Wildman–Crippen LogP) is 7.73. The van der Waals surface area contributed by atoms with Crippen molar-refractivity contribution in [2.45, 2.75) is 106 Å². The van der Waals surface area contributed by atoms with Crippen LogP contribution < -0.4 is 0 Å². The number of rotatable bonds is 16. The van der Waals surface area contributed by atoms with Crippen molar-refractivity contribution in [2.75, 3.05) is 14.2 Å². The smallest absolute Gasteiger partial charge is 0.228 e. The van der Waals surface area contributed by atoms with Gasteiger partial charge in [-0.15, -0.1) is 0 Å². The van der Waals surface area contributed by atoms with Gasteiger partial charge in [-0.2, -0.15) is 0 Å². The van der Waals surface area contributed by atoms with Gasteiger partial charge in [-0.05, 0) is 50.9 Å². The van der Waals surface area contributed by atoms with Gasteiger partial charge in [0, 0.05) is 11.1 Å². The zero-order valence-electron chi connectivity index (χ0n) is 22.5. The molecule has 33 heavy (non-hydrogen) atoms. The maximum atomic E-state index is 12.7. The summed E-state index contributed by atoms with van der Waals surface area (Å²) >= 11 is 0. The van der Waals surface area contributed by atoms with Crippen LogP contribution in [0.5, 0.6) is 0 Å². The quantitative estimate of drug-likeness (QED) is 0.175. The molecular formula is C29H48O4. The largest absolute Gasteiger partial charge is 0.489 e. The van der Waals surface area contributed by atoms with Crippen LogP contribution in [0.1, 0.15) is 106 Å². The topological polar surface area (TPSA) is 52.6 Å². The summed E-state index contributed by atoms with van der Waals surface area (Å²) in [6.45, 7) is 13.2. The second-order valence-corrected chi connectivity index (χ2v) is 10.4. The second kappa shape index (κ2) is 15.1. The first-order chi connectivity index (χ1) is 15.6. The number of methoxy groups -OCH3 is 2. The van der Waals surface area contributed by atoms with Gasteiger partial charge in [0.05, 0.1) is 14.2 Å². The molecule has 1 rings (SSSR count). The molecule has 0 aliphatic heterocycles. The lowest BCUT2D eigenvalue weighted by Crippen LogP contribution is -2.24. The Kier molecular flexibility index (Phi) is 13.4. The number of carbonyl (C=O) groups is 2. The van der Waals surface area contributed by atoms with Crippen molar-refractivity contribution < 1.29 is 19.1 Å². The molecule has 0 spiro atoms. The minimum absolute atomic E-state index is 0.00314. The summed E-state index contributed by atoms with van der Waals surface area (Å²) in [6.07, 6.45) is 14.1. The molecule has 1 aliphatic carbocycles. The van der Waals surface area contributed by atoms with Gasteiger partial charge in [0.2, 0.25) is 23.1 Å².